The zero-order valence-corrected chi connectivity index (χ0v) is 13.5. The highest BCUT2D eigenvalue weighted by molar-refractivity contribution is 6.31. The van der Waals surface area contributed by atoms with E-state index in [2.05, 4.69) is 33.8 Å². The second-order valence-electron chi connectivity index (χ2n) is 5.39. The maximum absolute atomic E-state index is 6.33. The van der Waals surface area contributed by atoms with Crippen molar-refractivity contribution in [1.82, 2.24) is 24.6 Å². The standard InChI is InChI=1S/C14H22ClN5/c1-9(2)16-6-12-7-17-11(4)20(12)8-13-14(15)10(3)18-19(13)5/h7,9,16H,6,8H2,1-5H3. The molecule has 2 rings (SSSR count). The zero-order chi connectivity index (χ0) is 14.9. The lowest BCUT2D eigenvalue weighted by Gasteiger charge is -2.13. The van der Waals surface area contributed by atoms with Crippen molar-refractivity contribution >= 4 is 11.6 Å². The molecule has 0 aliphatic carbocycles. The average Bonchev–Trinajstić information content (AvgIpc) is 2.83. The molecule has 0 saturated carbocycles. The fourth-order valence-electron chi connectivity index (χ4n) is 2.18. The topological polar surface area (TPSA) is 47.7 Å². The van der Waals surface area contributed by atoms with Crippen molar-refractivity contribution in [2.75, 3.05) is 0 Å². The van der Waals surface area contributed by atoms with E-state index >= 15 is 0 Å². The zero-order valence-electron chi connectivity index (χ0n) is 12.7. The van der Waals surface area contributed by atoms with Crippen LogP contribution in [0.4, 0.5) is 0 Å². The van der Waals surface area contributed by atoms with Gasteiger partial charge in [-0.15, -0.1) is 0 Å². The first-order valence-electron chi connectivity index (χ1n) is 6.82. The van der Waals surface area contributed by atoms with Crippen molar-refractivity contribution in [1.29, 1.82) is 0 Å². The molecule has 1 N–H and O–H groups in total. The summed E-state index contributed by atoms with van der Waals surface area (Å²) in [4.78, 5) is 4.41. The lowest BCUT2D eigenvalue weighted by molar-refractivity contribution is 0.555. The third-order valence-corrected chi connectivity index (χ3v) is 3.89. The summed E-state index contributed by atoms with van der Waals surface area (Å²) in [6.45, 7) is 9.69. The normalized spacial score (nSPS) is 11.6. The summed E-state index contributed by atoms with van der Waals surface area (Å²) in [7, 11) is 1.92. The Morgan fingerprint density at radius 3 is 2.60 bits per heavy atom. The predicted molar refractivity (Wildman–Crippen MR) is 81.0 cm³/mol. The van der Waals surface area contributed by atoms with Crippen LogP contribution in [0, 0.1) is 13.8 Å². The number of imidazole rings is 1. The van der Waals surface area contributed by atoms with Crippen LogP contribution in [0.25, 0.3) is 0 Å². The summed E-state index contributed by atoms with van der Waals surface area (Å²) in [5.41, 5.74) is 3.03. The van der Waals surface area contributed by atoms with Gasteiger partial charge < -0.3 is 9.88 Å². The first kappa shape index (κ1) is 15.1. The minimum absolute atomic E-state index is 0.446. The molecule has 2 aromatic rings. The molecular formula is C14H22ClN5. The van der Waals surface area contributed by atoms with Gasteiger partial charge in [-0.2, -0.15) is 5.10 Å². The average molecular weight is 296 g/mol. The van der Waals surface area contributed by atoms with Gasteiger partial charge in [0, 0.05) is 25.8 Å². The lowest BCUT2D eigenvalue weighted by Crippen LogP contribution is -2.24. The number of aryl methyl sites for hydroxylation is 3. The largest absolute Gasteiger partial charge is 0.325 e. The van der Waals surface area contributed by atoms with E-state index in [1.165, 1.54) is 0 Å². The van der Waals surface area contributed by atoms with Gasteiger partial charge in [-0.05, 0) is 13.8 Å². The Morgan fingerprint density at radius 1 is 1.35 bits per heavy atom. The Balaban J connectivity index is 2.26. The van der Waals surface area contributed by atoms with Gasteiger partial charge in [0.2, 0.25) is 0 Å². The van der Waals surface area contributed by atoms with Gasteiger partial charge in [-0.1, -0.05) is 25.4 Å². The number of rotatable bonds is 5. The van der Waals surface area contributed by atoms with Crippen LogP contribution in [0.2, 0.25) is 5.02 Å². The van der Waals surface area contributed by atoms with E-state index < -0.39 is 0 Å². The van der Waals surface area contributed by atoms with Crippen LogP contribution in [0.15, 0.2) is 6.20 Å². The molecule has 0 aromatic carbocycles. The molecule has 0 atom stereocenters. The van der Waals surface area contributed by atoms with E-state index in [-0.39, 0.29) is 0 Å². The fraction of sp³-hybridized carbons (Fsp3) is 0.571. The van der Waals surface area contributed by atoms with Gasteiger partial charge in [0.05, 0.1) is 28.6 Å². The third-order valence-electron chi connectivity index (χ3n) is 3.40. The predicted octanol–water partition coefficient (Wildman–Crippen LogP) is 2.43. The van der Waals surface area contributed by atoms with Crippen LogP contribution in [-0.2, 0) is 20.1 Å². The molecule has 6 heteroatoms. The quantitative estimate of drug-likeness (QED) is 0.921. The van der Waals surface area contributed by atoms with Gasteiger partial charge in [-0.3, -0.25) is 4.68 Å². The minimum atomic E-state index is 0.446. The summed E-state index contributed by atoms with van der Waals surface area (Å²) in [6, 6.07) is 0.446. The fourth-order valence-corrected chi connectivity index (χ4v) is 2.40. The molecular weight excluding hydrogens is 274 g/mol. The maximum Gasteiger partial charge on any atom is 0.106 e. The SMILES string of the molecule is Cc1nn(C)c(Cn2c(CNC(C)C)cnc2C)c1Cl. The Labute approximate surface area is 125 Å². The summed E-state index contributed by atoms with van der Waals surface area (Å²) >= 11 is 6.33. The number of hydrogen-bond donors (Lipinski definition) is 1. The Kier molecular flexibility index (Phi) is 4.50. The van der Waals surface area contributed by atoms with E-state index in [4.69, 9.17) is 11.6 Å². The molecule has 0 spiro atoms. The summed E-state index contributed by atoms with van der Waals surface area (Å²) < 4.78 is 4.02. The van der Waals surface area contributed by atoms with Crippen LogP contribution in [0.1, 0.15) is 36.8 Å². The smallest absolute Gasteiger partial charge is 0.106 e. The van der Waals surface area contributed by atoms with Crippen molar-refractivity contribution in [3.05, 3.63) is 34.1 Å². The molecule has 0 radical (unpaired) electrons. The minimum Gasteiger partial charge on any atom is -0.325 e. The molecule has 0 bridgehead atoms. The van der Waals surface area contributed by atoms with Gasteiger partial charge in [-0.25, -0.2) is 4.98 Å². The van der Waals surface area contributed by atoms with Crippen LogP contribution in [-0.4, -0.2) is 25.4 Å². The second kappa shape index (κ2) is 5.97. The lowest BCUT2D eigenvalue weighted by atomic mass is 10.3. The summed E-state index contributed by atoms with van der Waals surface area (Å²) in [6.07, 6.45) is 1.92. The molecule has 0 unspecified atom stereocenters. The summed E-state index contributed by atoms with van der Waals surface area (Å²) in [5.74, 6) is 0.987. The Morgan fingerprint density at radius 2 is 2.05 bits per heavy atom. The molecule has 20 heavy (non-hydrogen) atoms. The monoisotopic (exact) mass is 295 g/mol. The maximum atomic E-state index is 6.33. The highest BCUT2D eigenvalue weighted by Gasteiger charge is 2.15. The second-order valence-corrected chi connectivity index (χ2v) is 5.77. The van der Waals surface area contributed by atoms with E-state index in [0.29, 0.717) is 12.6 Å². The Bertz CT molecular complexity index is 597. The van der Waals surface area contributed by atoms with Crippen molar-refractivity contribution in [3.63, 3.8) is 0 Å². The number of nitrogens with zero attached hydrogens (tertiary/aromatic N) is 4. The van der Waals surface area contributed by atoms with Gasteiger partial charge in [0.1, 0.15) is 5.82 Å². The van der Waals surface area contributed by atoms with Gasteiger partial charge in [0.15, 0.2) is 0 Å². The Hall–Kier alpha value is -1.33. The molecule has 0 fully saturated rings. The van der Waals surface area contributed by atoms with Gasteiger partial charge in [0.25, 0.3) is 0 Å². The van der Waals surface area contributed by atoms with Crippen LogP contribution < -0.4 is 5.32 Å². The first-order valence-corrected chi connectivity index (χ1v) is 7.20. The van der Waals surface area contributed by atoms with Crippen LogP contribution >= 0.6 is 11.6 Å². The van der Waals surface area contributed by atoms with E-state index in [9.17, 15) is 0 Å². The summed E-state index contributed by atoms with van der Waals surface area (Å²) in [5, 5.41) is 8.52. The molecule has 2 heterocycles. The number of aromatic nitrogens is 4. The van der Waals surface area contributed by atoms with E-state index in [1.807, 2.05) is 31.8 Å². The van der Waals surface area contributed by atoms with Crippen molar-refractivity contribution in [2.24, 2.45) is 7.05 Å². The van der Waals surface area contributed by atoms with E-state index in [0.717, 1.165) is 34.5 Å². The first-order chi connectivity index (χ1) is 9.40. The number of nitrogens with one attached hydrogen (secondary N) is 1. The molecule has 0 aliphatic heterocycles. The molecule has 2 aromatic heterocycles. The van der Waals surface area contributed by atoms with Crippen molar-refractivity contribution in [2.45, 2.75) is 46.8 Å². The third kappa shape index (κ3) is 3.04. The van der Waals surface area contributed by atoms with Gasteiger partial charge >= 0.3 is 0 Å². The van der Waals surface area contributed by atoms with E-state index in [1.54, 1.807) is 0 Å². The van der Waals surface area contributed by atoms with Crippen molar-refractivity contribution in [3.8, 4) is 0 Å². The molecule has 0 aliphatic rings. The molecule has 110 valence electrons. The molecule has 0 amide bonds. The van der Waals surface area contributed by atoms with Crippen LogP contribution in [0.5, 0.6) is 0 Å². The number of halogens is 1. The van der Waals surface area contributed by atoms with Crippen molar-refractivity contribution < 1.29 is 0 Å². The van der Waals surface area contributed by atoms with Crippen LogP contribution in [0.3, 0.4) is 0 Å². The number of hydrogen-bond acceptors (Lipinski definition) is 3. The highest BCUT2D eigenvalue weighted by atomic mass is 35.5. The molecule has 0 saturated heterocycles. The molecule has 5 nitrogen and oxygen atoms in total. The highest BCUT2D eigenvalue weighted by Crippen LogP contribution is 2.21.